The van der Waals surface area contributed by atoms with Crippen LogP contribution in [0.15, 0.2) is 35.1 Å². The van der Waals surface area contributed by atoms with Gasteiger partial charge in [-0.3, -0.25) is 4.79 Å². The summed E-state index contributed by atoms with van der Waals surface area (Å²) in [5.74, 6) is 0.484. The molecule has 4 nitrogen and oxygen atoms in total. The molecule has 2 heterocycles. The number of benzene rings is 2. The lowest BCUT2D eigenvalue weighted by Crippen LogP contribution is -2.07. The van der Waals surface area contributed by atoms with E-state index in [0.29, 0.717) is 42.6 Å². The lowest BCUT2D eigenvalue weighted by molar-refractivity contribution is 0.400. The number of nitrogens with zero attached hydrogens (tertiary/aromatic N) is 2. The van der Waals surface area contributed by atoms with Crippen LogP contribution >= 0.6 is 34.5 Å². The zero-order valence-electron chi connectivity index (χ0n) is 11.8. The van der Waals surface area contributed by atoms with Crippen molar-refractivity contribution in [1.82, 2.24) is 9.97 Å². The molecule has 0 bridgehead atoms. The van der Waals surface area contributed by atoms with Crippen LogP contribution in [0.5, 0.6) is 5.88 Å². The summed E-state index contributed by atoms with van der Waals surface area (Å²) in [6, 6.07) is 8.85. The van der Waals surface area contributed by atoms with Crippen LogP contribution in [0, 0.1) is 0 Å². The van der Waals surface area contributed by atoms with Gasteiger partial charge in [-0.25, -0.2) is 9.97 Å². The van der Waals surface area contributed by atoms with Crippen LogP contribution in [-0.4, -0.2) is 17.1 Å². The maximum atomic E-state index is 12.5. The molecule has 0 unspecified atom stereocenters. The van der Waals surface area contributed by atoms with Crippen molar-refractivity contribution in [2.24, 2.45) is 0 Å². The lowest BCUT2D eigenvalue weighted by Gasteiger charge is -2.12. The first-order valence-electron chi connectivity index (χ1n) is 6.65. The van der Waals surface area contributed by atoms with Crippen molar-refractivity contribution in [1.29, 1.82) is 0 Å². The van der Waals surface area contributed by atoms with Crippen molar-refractivity contribution in [3.05, 3.63) is 50.6 Å². The first kappa shape index (κ1) is 14.6. The monoisotopic (exact) mass is 362 g/mol. The molecule has 0 spiro atoms. The number of methoxy groups -OCH3 is 1. The minimum absolute atomic E-state index is 0.115. The van der Waals surface area contributed by atoms with E-state index in [1.165, 1.54) is 11.3 Å². The highest BCUT2D eigenvalue weighted by atomic mass is 35.5. The van der Waals surface area contributed by atoms with Crippen molar-refractivity contribution in [2.45, 2.75) is 0 Å². The second-order valence-electron chi connectivity index (χ2n) is 4.87. The summed E-state index contributed by atoms with van der Waals surface area (Å²) < 4.78 is 5.13. The molecule has 2 aliphatic rings. The molecule has 0 saturated carbocycles. The summed E-state index contributed by atoms with van der Waals surface area (Å²) in [4.78, 5) is 22.8. The van der Waals surface area contributed by atoms with Gasteiger partial charge in [0.1, 0.15) is 15.4 Å². The Morgan fingerprint density at radius 1 is 1.13 bits per heavy atom. The molecule has 0 amide bonds. The van der Waals surface area contributed by atoms with Crippen LogP contribution in [0.1, 0.15) is 0 Å². The van der Waals surface area contributed by atoms with Crippen LogP contribution in [-0.2, 0) is 0 Å². The van der Waals surface area contributed by atoms with Gasteiger partial charge in [-0.15, -0.1) is 11.3 Å². The van der Waals surface area contributed by atoms with Gasteiger partial charge in [-0.1, -0.05) is 35.3 Å². The Hall–Kier alpha value is -1.95. The number of pyridine rings is 1. The number of ether oxygens (including phenoxy) is 1. The number of rotatable bonds is 1. The lowest BCUT2D eigenvalue weighted by atomic mass is 10.1. The third kappa shape index (κ3) is 2.16. The van der Waals surface area contributed by atoms with E-state index in [-0.39, 0.29) is 10.5 Å². The van der Waals surface area contributed by atoms with E-state index >= 15 is 0 Å². The summed E-state index contributed by atoms with van der Waals surface area (Å²) >= 11 is 13.8. The number of hydrogen-bond donors (Lipinski definition) is 0. The van der Waals surface area contributed by atoms with Gasteiger partial charge in [0.05, 0.1) is 28.1 Å². The molecule has 114 valence electrons. The first-order chi connectivity index (χ1) is 11.1. The molecular weight excluding hydrogens is 355 g/mol. The molecule has 7 heteroatoms. The van der Waals surface area contributed by atoms with E-state index in [4.69, 9.17) is 27.9 Å². The fourth-order valence-electron chi connectivity index (χ4n) is 2.50. The Kier molecular flexibility index (Phi) is 3.37. The quantitative estimate of drug-likeness (QED) is 0.366. The van der Waals surface area contributed by atoms with Crippen molar-refractivity contribution < 1.29 is 4.74 Å². The molecule has 1 aliphatic heterocycles. The minimum atomic E-state index is -0.292. The minimum Gasteiger partial charge on any atom is -0.481 e. The van der Waals surface area contributed by atoms with Crippen molar-refractivity contribution in [2.75, 3.05) is 7.11 Å². The smallest absolute Gasteiger partial charge is 0.214 e. The maximum absolute atomic E-state index is 12.5. The molecule has 0 saturated heterocycles. The molecule has 2 aromatic rings. The van der Waals surface area contributed by atoms with Gasteiger partial charge in [0.2, 0.25) is 11.3 Å². The van der Waals surface area contributed by atoms with Crippen LogP contribution in [0.2, 0.25) is 10.0 Å². The Morgan fingerprint density at radius 2 is 1.96 bits per heavy atom. The second kappa shape index (κ2) is 5.30. The molecule has 0 atom stereocenters. The van der Waals surface area contributed by atoms with E-state index < -0.39 is 0 Å². The molecule has 1 aromatic carbocycles. The predicted molar refractivity (Wildman–Crippen MR) is 94.4 cm³/mol. The molecule has 0 N–H and O–H groups in total. The van der Waals surface area contributed by atoms with Crippen molar-refractivity contribution in [3.63, 3.8) is 0 Å². The average Bonchev–Trinajstić information content (AvgIpc) is 2.57. The van der Waals surface area contributed by atoms with E-state index in [2.05, 4.69) is 9.97 Å². The van der Waals surface area contributed by atoms with Crippen LogP contribution < -0.4 is 10.2 Å². The highest BCUT2D eigenvalue weighted by molar-refractivity contribution is 7.21. The SMILES string of the molecule is COc1ccc2nc3c4cccc(Cl)c4c(=O)c(Cl)c-3sc2n1. The Balaban J connectivity index is 2.24. The summed E-state index contributed by atoms with van der Waals surface area (Å²) in [5.41, 5.74) is 1.07. The fourth-order valence-corrected chi connectivity index (χ4v) is 4.04. The van der Waals surface area contributed by atoms with E-state index in [1.54, 1.807) is 25.3 Å². The van der Waals surface area contributed by atoms with Gasteiger partial charge in [-0.05, 0) is 12.1 Å². The van der Waals surface area contributed by atoms with E-state index in [0.717, 1.165) is 0 Å². The normalized spacial score (nSPS) is 11.4. The van der Waals surface area contributed by atoms with Crippen LogP contribution in [0.3, 0.4) is 0 Å². The highest BCUT2D eigenvalue weighted by Crippen LogP contribution is 2.39. The number of aromatic nitrogens is 2. The van der Waals surface area contributed by atoms with Crippen LogP contribution in [0.4, 0.5) is 0 Å². The molecule has 23 heavy (non-hydrogen) atoms. The number of halogens is 2. The van der Waals surface area contributed by atoms with E-state index in [9.17, 15) is 4.79 Å². The van der Waals surface area contributed by atoms with E-state index in [1.807, 2.05) is 12.1 Å². The fraction of sp³-hybridized carbons (Fsp3) is 0.0625. The number of hydrogen-bond acceptors (Lipinski definition) is 5. The van der Waals surface area contributed by atoms with Crippen molar-refractivity contribution >= 4 is 55.7 Å². The molecular formula is C16H8Cl2N2O2S. The zero-order chi connectivity index (χ0) is 16.1. The third-order valence-corrected chi connectivity index (χ3v) is 5.45. The highest BCUT2D eigenvalue weighted by Gasteiger charge is 2.21. The summed E-state index contributed by atoms with van der Waals surface area (Å²) in [7, 11) is 1.55. The standard InChI is InChI=1S/C16H8Cl2N2O2S/c1-22-10-6-5-9-16(20-10)23-15-12(18)14(21)11-7(13(15)19-9)3-2-4-8(11)17/h2-6H,1H3. The van der Waals surface area contributed by atoms with Crippen molar-refractivity contribution in [3.8, 4) is 16.5 Å². The molecule has 1 aromatic heterocycles. The Labute approximate surface area is 144 Å². The van der Waals surface area contributed by atoms with Gasteiger partial charge in [-0.2, -0.15) is 0 Å². The third-order valence-electron chi connectivity index (χ3n) is 3.56. The summed E-state index contributed by atoms with van der Waals surface area (Å²) in [6.45, 7) is 0. The summed E-state index contributed by atoms with van der Waals surface area (Å²) in [6.07, 6.45) is 0. The molecule has 0 radical (unpaired) electrons. The van der Waals surface area contributed by atoms with Crippen LogP contribution in [0.25, 0.3) is 31.7 Å². The second-order valence-corrected chi connectivity index (χ2v) is 6.66. The van der Waals surface area contributed by atoms with Gasteiger partial charge in [0.25, 0.3) is 0 Å². The maximum Gasteiger partial charge on any atom is 0.214 e. The van der Waals surface area contributed by atoms with Gasteiger partial charge in [0.15, 0.2) is 0 Å². The summed E-state index contributed by atoms with van der Waals surface area (Å²) in [5, 5.41) is 1.57. The Bertz CT molecular complexity index is 1110. The average molecular weight is 363 g/mol. The number of fused-ring (bicyclic) bond motifs is 4. The first-order valence-corrected chi connectivity index (χ1v) is 8.22. The molecule has 0 fully saturated rings. The van der Waals surface area contributed by atoms with Gasteiger partial charge in [0, 0.05) is 11.5 Å². The molecule has 1 aliphatic carbocycles. The predicted octanol–water partition coefficient (Wildman–Crippen LogP) is 4.62. The van der Waals surface area contributed by atoms with Gasteiger partial charge < -0.3 is 4.74 Å². The van der Waals surface area contributed by atoms with Gasteiger partial charge >= 0.3 is 0 Å². The largest absolute Gasteiger partial charge is 0.481 e. The Morgan fingerprint density at radius 3 is 2.74 bits per heavy atom. The topological polar surface area (TPSA) is 52.1 Å². The zero-order valence-corrected chi connectivity index (χ0v) is 14.1. The molecule has 4 rings (SSSR count).